The summed E-state index contributed by atoms with van der Waals surface area (Å²) >= 11 is 0. The molecule has 0 aromatic heterocycles. The number of hydrogen-bond acceptors (Lipinski definition) is 0. The highest BCUT2D eigenvalue weighted by molar-refractivity contribution is 5.00. The van der Waals surface area contributed by atoms with Crippen molar-refractivity contribution in [3.63, 3.8) is 0 Å². The smallest absolute Gasteiger partial charge is 0.0246 e. The van der Waals surface area contributed by atoms with Gasteiger partial charge in [-0.25, -0.2) is 0 Å². The van der Waals surface area contributed by atoms with E-state index in [-0.39, 0.29) is 0 Å². The van der Waals surface area contributed by atoms with Crippen molar-refractivity contribution in [1.82, 2.24) is 0 Å². The van der Waals surface area contributed by atoms with Gasteiger partial charge in [0.05, 0.1) is 0 Å². The molecular weight excluding hydrogens is 144 g/mol. The van der Waals surface area contributed by atoms with Crippen LogP contribution in [0.4, 0.5) is 0 Å². The zero-order valence-corrected chi connectivity index (χ0v) is 8.82. The van der Waals surface area contributed by atoms with Crippen LogP contribution < -0.4 is 0 Å². The zero-order chi connectivity index (χ0) is 8.82. The van der Waals surface area contributed by atoms with E-state index in [1.807, 2.05) is 0 Å². The molecule has 0 saturated heterocycles. The summed E-state index contributed by atoms with van der Waals surface area (Å²) in [5.74, 6) is 1.06. The maximum absolute atomic E-state index is 2.55. The van der Waals surface area contributed by atoms with Gasteiger partial charge in [0.15, 0.2) is 0 Å². The van der Waals surface area contributed by atoms with Crippen LogP contribution >= 0.6 is 0 Å². The molecule has 70 valence electrons. The van der Waals surface area contributed by atoms with Crippen LogP contribution in [-0.4, -0.2) is 0 Å². The molecule has 0 radical (unpaired) electrons. The Kier molecular flexibility index (Phi) is 1.79. The van der Waals surface area contributed by atoms with Gasteiger partial charge in [-0.2, -0.15) is 0 Å². The lowest BCUT2D eigenvalue weighted by Gasteiger charge is -2.50. The molecular formula is C12H22. The molecule has 0 spiro atoms. The SMILES string of the molecule is CC1(C)CCCC2CCCC21C. The predicted molar refractivity (Wildman–Crippen MR) is 53.1 cm³/mol. The Bertz CT molecular complexity index is 180. The van der Waals surface area contributed by atoms with Gasteiger partial charge in [-0.3, -0.25) is 0 Å². The Morgan fingerprint density at radius 2 is 1.50 bits per heavy atom. The van der Waals surface area contributed by atoms with E-state index in [9.17, 15) is 0 Å². The number of rotatable bonds is 0. The van der Waals surface area contributed by atoms with Crippen molar-refractivity contribution in [3.8, 4) is 0 Å². The minimum absolute atomic E-state index is 0.617. The van der Waals surface area contributed by atoms with Gasteiger partial charge in [0, 0.05) is 0 Å². The van der Waals surface area contributed by atoms with Crippen LogP contribution in [0, 0.1) is 16.7 Å². The highest BCUT2D eigenvalue weighted by Crippen LogP contribution is 2.60. The lowest BCUT2D eigenvalue weighted by Crippen LogP contribution is -2.41. The van der Waals surface area contributed by atoms with E-state index in [0.29, 0.717) is 10.8 Å². The molecule has 0 aromatic rings. The van der Waals surface area contributed by atoms with Gasteiger partial charge < -0.3 is 0 Å². The van der Waals surface area contributed by atoms with Crippen molar-refractivity contribution in [2.45, 2.75) is 59.3 Å². The summed E-state index contributed by atoms with van der Waals surface area (Å²) in [6, 6.07) is 0. The first-order chi connectivity index (χ1) is 5.56. The van der Waals surface area contributed by atoms with Gasteiger partial charge in [-0.1, -0.05) is 33.6 Å². The van der Waals surface area contributed by atoms with Gasteiger partial charge in [0.2, 0.25) is 0 Å². The minimum Gasteiger partial charge on any atom is -0.0594 e. The summed E-state index contributed by atoms with van der Waals surface area (Å²) in [7, 11) is 0. The summed E-state index contributed by atoms with van der Waals surface area (Å²) in [5.41, 5.74) is 1.30. The molecule has 0 bridgehead atoms. The lowest BCUT2D eigenvalue weighted by molar-refractivity contribution is -0.00277. The van der Waals surface area contributed by atoms with Crippen molar-refractivity contribution >= 4 is 0 Å². The van der Waals surface area contributed by atoms with Crippen LogP contribution in [0.5, 0.6) is 0 Å². The second-order valence-corrected chi connectivity index (χ2v) is 5.78. The third-order valence-electron chi connectivity index (χ3n) is 5.05. The minimum atomic E-state index is 0.617. The Labute approximate surface area is 76.7 Å². The quantitative estimate of drug-likeness (QED) is 0.510. The Morgan fingerprint density at radius 3 is 2.08 bits per heavy atom. The summed E-state index contributed by atoms with van der Waals surface area (Å²) in [5, 5.41) is 0. The average Bonchev–Trinajstić information content (AvgIpc) is 2.33. The first-order valence-electron chi connectivity index (χ1n) is 5.56. The third kappa shape index (κ3) is 0.963. The highest BCUT2D eigenvalue weighted by atomic mass is 14.6. The summed E-state index contributed by atoms with van der Waals surface area (Å²) in [4.78, 5) is 0. The molecule has 0 aromatic carbocycles. The van der Waals surface area contributed by atoms with Gasteiger partial charge in [-0.15, -0.1) is 0 Å². The molecule has 2 saturated carbocycles. The molecule has 0 heterocycles. The van der Waals surface area contributed by atoms with Crippen LogP contribution in [0.2, 0.25) is 0 Å². The molecule has 0 N–H and O–H groups in total. The second kappa shape index (κ2) is 2.49. The molecule has 2 atom stereocenters. The molecule has 0 nitrogen and oxygen atoms in total. The standard InChI is InChI=1S/C12H22/c1-11(2)8-4-6-10-7-5-9-12(10,11)3/h10H,4-9H2,1-3H3. The average molecular weight is 166 g/mol. The van der Waals surface area contributed by atoms with E-state index in [2.05, 4.69) is 20.8 Å². The van der Waals surface area contributed by atoms with E-state index < -0.39 is 0 Å². The molecule has 0 aliphatic heterocycles. The van der Waals surface area contributed by atoms with Crippen LogP contribution in [0.1, 0.15) is 59.3 Å². The Hall–Kier alpha value is 0. The van der Waals surface area contributed by atoms with Gasteiger partial charge in [0.25, 0.3) is 0 Å². The van der Waals surface area contributed by atoms with E-state index >= 15 is 0 Å². The number of fused-ring (bicyclic) bond motifs is 1. The highest BCUT2D eigenvalue weighted by Gasteiger charge is 2.50. The molecule has 12 heavy (non-hydrogen) atoms. The first-order valence-corrected chi connectivity index (χ1v) is 5.56. The van der Waals surface area contributed by atoms with Crippen molar-refractivity contribution in [1.29, 1.82) is 0 Å². The molecule has 0 heteroatoms. The van der Waals surface area contributed by atoms with Crippen molar-refractivity contribution in [2.75, 3.05) is 0 Å². The fourth-order valence-electron chi connectivity index (χ4n) is 3.67. The topological polar surface area (TPSA) is 0 Å². The zero-order valence-electron chi connectivity index (χ0n) is 8.82. The van der Waals surface area contributed by atoms with Crippen LogP contribution in [0.25, 0.3) is 0 Å². The summed E-state index contributed by atoms with van der Waals surface area (Å²) < 4.78 is 0. The molecule has 2 fully saturated rings. The van der Waals surface area contributed by atoms with Crippen LogP contribution in [-0.2, 0) is 0 Å². The maximum Gasteiger partial charge on any atom is -0.0246 e. The van der Waals surface area contributed by atoms with Crippen molar-refractivity contribution < 1.29 is 0 Å². The van der Waals surface area contributed by atoms with Crippen LogP contribution in [0.3, 0.4) is 0 Å². The largest absolute Gasteiger partial charge is 0.0594 e. The lowest BCUT2D eigenvalue weighted by atomic mass is 9.55. The maximum atomic E-state index is 2.55. The molecule has 2 unspecified atom stereocenters. The number of hydrogen-bond donors (Lipinski definition) is 0. The summed E-state index contributed by atoms with van der Waals surface area (Å²) in [6.07, 6.45) is 8.95. The second-order valence-electron chi connectivity index (χ2n) is 5.78. The fraction of sp³-hybridized carbons (Fsp3) is 1.00. The molecule has 0 amide bonds. The first kappa shape index (κ1) is 8.59. The molecule has 2 aliphatic carbocycles. The van der Waals surface area contributed by atoms with Crippen LogP contribution in [0.15, 0.2) is 0 Å². The van der Waals surface area contributed by atoms with E-state index in [1.165, 1.54) is 38.5 Å². The summed E-state index contributed by atoms with van der Waals surface area (Å²) in [6.45, 7) is 7.53. The van der Waals surface area contributed by atoms with Crippen molar-refractivity contribution in [2.24, 2.45) is 16.7 Å². The fourth-order valence-corrected chi connectivity index (χ4v) is 3.67. The Morgan fingerprint density at radius 1 is 0.917 bits per heavy atom. The Balaban J connectivity index is 2.28. The normalized spacial score (nSPS) is 45.8. The monoisotopic (exact) mass is 166 g/mol. The van der Waals surface area contributed by atoms with Gasteiger partial charge in [0.1, 0.15) is 0 Å². The van der Waals surface area contributed by atoms with Gasteiger partial charge in [-0.05, 0) is 42.4 Å². The van der Waals surface area contributed by atoms with E-state index in [4.69, 9.17) is 0 Å². The third-order valence-corrected chi connectivity index (χ3v) is 5.05. The van der Waals surface area contributed by atoms with E-state index in [0.717, 1.165) is 5.92 Å². The molecule has 2 aliphatic rings. The van der Waals surface area contributed by atoms with E-state index in [1.54, 1.807) is 0 Å². The molecule has 2 rings (SSSR count). The van der Waals surface area contributed by atoms with Gasteiger partial charge >= 0.3 is 0 Å². The van der Waals surface area contributed by atoms with Crippen molar-refractivity contribution in [3.05, 3.63) is 0 Å². The predicted octanol–water partition coefficient (Wildman–Crippen LogP) is 4.00.